The van der Waals surface area contributed by atoms with E-state index in [-0.39, 0.29) is 29.7 Å². The van der Waals surface area contributed by atoms with Gasteiger partial charge in [-0.25, -0.2) is 0 Å². The van der Waals surface area contributed by atoms with Gasteiger partial charge >= 0.3 is 0 Å². The molecule has 1 saturated heterocycles. The number of phenols is 1. The maximum absolute atomic E-state index is 13.4. The lowest BCUT2D eigenvalue weighted by Crippen LogP contribution is -2.79. The lowest BCUT2D eigenvalue weighted by atomic mass is 9.46. The van der Waals surface area contributed by atoms with Crippen LogP contribution in [0.4, 0.5) is 0 Å². The van der Waals surface area contributed by atoms with Crippen LogP contribution >= 0.6 is 0 Å². The molecule has 3 aromatic rings. The summed E-state index contributed by atoms with van der Waals surface area (Å²) in [6.07, 6.45) is 8.94. The topological polar surface area (TPSA) is 86.4 Å². The Kier molecular flexibility index (Phi) is 5.88. The quantitative estimate of drug-likeness (QED) is 0.457. The van der Waals surface area contributed by atoms with Gasteiger partial charge in [-0.15, -0.1) is 0 Å². The van der Waals surface area contributed by atoms with Crippen molar-refractivity contribution in [2.75, 3.05) is 20.1 Å². The van der Waals surface area contributed by atoms with Gasteiger partial charge in [-0.05, 0) is 67.5 Å². The number of piperidine rings is 1. The van der Waals surface area contributed by atoms with Gasteiger partial charge in [0.2, 0.25) is 5.91 Å². The van der Waals surface area contributed by atoms with E-state index in [1.54, 1.807) is 41.7 Å². The predicted octanol–water partition coefficient (Wildman–Crippen LogP) is 4.17. The van der Waals surface area contributed by atoms with Crippen LogP contribution in [0.1, 0.15) is 42.0 Å². The number of furan rings is 1. The lowest BCUT2D eigenvalue weighted by molar-refractivity contribution is -0.211. The molecule has 0 radical (unpaired) electrons. The first-order chi connectivity index (χ1) is 19.3. The summed E-state index contributed by atoms with van der Waals surface area (Å²) in [6, 6.07) is 15.7. The summed E-state index contributed by atoms with van der Waals surface area (Å²) >= 11 is 0. The summed E-state index contributed by atoms with van der Waals surface area (Å²) in [5.41, 5.74) is 2.49. The van der Waals surface area contributed by atoms with E-state index >= 15 is 0 Å². The van der Waals surface area contributed by atoms with Gasteiger partial charge in [-0.1, -0.05) is 43.3 Å². The molecule has 2 aromatic carbocycles. The molecular formula is C33H36N2O5. The average Bonchev–Trinajstić information content (AvgIpc) is 3.58. The number of likely N-dealkylation sites (N-methyl/N-ethyl adjacent to an activating group) is 1. The molecule has 7 rings (SSSR count). The van der Waals surface area contributed by atoms with Gasteiger partial charge in [0.25, 0.3) is 0 Å². The Morgan fingerprint density at radius 3 is 2.80 bits per heavy atom. The molecular weight excluding hydrogens is 504 g/mol. The highest BCUT2D eigenvalue weighted by Gasteiger charge is 2.74. The van der Waals surface area contributed by atoms with Gasteiger partial charge in [0.15, 0.2) is 11.5 Å². The smallest absolute Gasteiger partial charge is 0.246 e. The molecule has 7 nitrogen and oxygen atoms in total. The zero-order valence-corrected chi connectivity index (χ0v) is 23.0. The highest BCUT2D eigenvalue weighted by molar-refractivity contribution is 5.92. The molecule has 0 unspecified atom stereocenters. The van der Waals surface area contributed by atoms with E-state index < -0.39 is 17.1 Å². The Labute approximate surface area is 234 Å². The zero-order chi connectivity index (χ0) is 27.6. The van der Waals surface area contributed by atoms with Crippen molar-refractivity contribution in [1.29, 1.82) is 0 Å². The number of amides is 1. The van der Waals surface area contributed by atoms with Crippen LogP contribution in [0.5, 0.6) is 11.5 Å². The van der Waals surface area contributed by atoms with Crippen LogP contribution in [0.15, 0.2) is 71.6 Å². The van der Waals surface area contributed by atoms with Crippen LogP contribution in [0.3, 0.4) is 0 Å². The largest absolute Gasteiger partial charge is 0.504 e. The second-order valence-corrected chi connectivity index (χ2v) is 12.1. The molecule has 1 saturated carbocycles. The minimum Gasteiger partial charge on any atom is -0.504 e. The molecule has 6 atom stereocenters. The molecule has 4 aliphatic rings. The summed E-state index contributed by atoms with van der Waals surface area (Å²) in [4.78, 5) is 17.7. The molecule has 2 fully saturated rings. The number of phenolic OH excluding ortho intramolecular Hbond substituents is 1. The summed E-state index contributed by atoms with van der Waals surface area (Å²) < 4.78 is 11.8. The van der Waals surface area contributed by atoms with E-state index in [1.165, 1.54) is 5.56 Å². The van der Waals surface area contributed by atoms with Crippen molar-refractivity contribution in [2.24, 2.45) is 5.92 Å². The molecule has 2 aliphatic heterocycles. The van der Waals surface area contributed by atoms with Crippen LogP contribution in [0.25, 0.3) is 6.08 Å². The SMILES string of the molecule is C[C@@H]1C[C@@]2(O)[C@H]3Cc4ccc(O)c5c4[C@@]2(CCN3CCc2ccccc2)[C@@H](O5)[C@H]1N(C)C(=O)/C=C/c1ccoc1. The minimum absolute atomic E-state index is 0.0195. The number of likely N-dealkylation sites (tertiary alicyclic amines) is 1. The normalized spacial score (nSPS) is 32.1. The molecule has 2 N–H and O–H groups in total. The van der Waals surface area contributed by atoms with Crippen molar-refractivity contribution in [2.45, 2.75) is 61.8 Å². The predicted molar refractivity (Wildman–Crippen MR) is 151 cm³/mol. The monoisotopic (exact) mass is 540 g/mol. The second kappa shape index (κ2) is 9.25. The van der Waals surface area contributed by atoms with Gasteiger partial charge in [-0.2, -0.15) is 0 Å². The van der Waals surface area contributed by atoms with Crippen molar-refractivity contribution in [3.63, 3.8) is 0 Å². The van der Waals surface area contributed by atoms with Gasteiger partial charge in [0.05, 0.1) is 29.6 Å². The van der Waals surface area contributed by atoms with E-state index in [1.807, 2.05) is 19.2 Å². The number of aromatic hydroxyl groups is 1. The summed E-state index contributed by atoms with van der Waals surface area (Å²) in [7, 11) is 1.83. The molecule has 208 valence electrons. The van der Waals surface area contributed by atoms with E-state index in [2.05, 4.69) is 36.1 Å². The summed E-state index contributed by atoms with van der Waals surface area (Å²) in [5.74, 6) is 0.451. The van der Waals surface area contributed by atoms with Gasteiger partial charge in [0, 0.05) is 36.8 Å². The number of nitrogens with zero attached hydrogens (tertiary/aromatic N) is 2. The third kappa shape index (κ3) is 3.53. The van der Waals surface area contributed by atoms with Crippen LogP contribution < -0.4 is 4.74 Å². The lowest BCUT2D eigenvalue weighted by Gasteiger charge is -2.66. The van der Waals surface area contributed by atoms with E-state index in [0.717, 1.165) is 36.2 Å². The van der Waals surface area contributed by atoms with Gasteiger partial charge < -0.3 is 24.3 Å². The second-order valence-electron chi connectivity index (χ2n) is 12.1. The number of ether oxygens (including phenoxy) is 1. The fraction of sp³-hybridized carbons (Fsp3) is 0.424. The molecule has 1 amide bonds. The molecule has 2 aliphatic carbocycles. The van der Waals surface area contributed by atoms with Crippen LogP contribution in [0.2, 0.25) is 0 Å². The first-order valence-electron chi connectivity index (χ1n) is 14.3. The Morgan fingerprint density at radius 2 is 2.02 bits per heavy atom. The number of rotatable bonds is 6. The molecule has 3 heterocycles. The molecule has 2 bridgehead atoms. The first kappa shape index (κ1) is 25.4. The number of carbonyl (C=O) groups excluding carboxylic acids is 1. The van der Waals surface area contributed by atoms with E-state index in [9.17, 15) is 15.0 Å². The van der Waals surface area contributed by atoms with Crippen molar-refractivity contribution in [3.05, 3.63) is 89.4 Å². The summed E-state index contributed by atoms with van der Waals surface area (Å²) in [5, 5.41) is 23.8. The average molecular weight is 541 g/mol. The number of benzene rings is 2. The third-order valence-electron chi connectivity index (χ3n) is 10.2. The van der Waals surface area contributed by atoms with Crippen LogP contribution in [-0.4, -0.2) is 69.8 Å². The van der Waals surface area contributed by atoms with Gasteiger partial charge in [0.1, 0.15) is 6.10 Å². The molecule has 7 heteroatoms. The Bertz CT molecular complexity index is 1450. The number of carbonyl (C=O) groups is 1. The fourth-order valence-electron chi connectivity index (χ4n) is 8.45. The fourth-order valence-corrected chi connectivity index (χ4v) is 8.45. The molecule has 40 heavy (non-hydrogen) atoms. The maximum Gasteiger partial charge on any atom is 0.246 e. The maximum atomic E-state index is 13.4. The van der Waals surface area contributed by atoms with Crippen molar-refractivity contribution >= 4 is 12.0 Å². The van der Waals surface area contributed by atoms with Crippen molar-refractivity contribution < 1.29 is 24.2 Å². The number of hydrogen-bond donors (Lipinski definition) is 2. The van der Waals surface area contributed by atoms with Crippen LogP contribution in [0, 0.1) is 5.92 Å². The number of aliphatic hydroxyl groups is 1. The Balaban J connectivity index is 1.26. The standard InChI is InChI=1S/C33H36N2O5/c1-21-19-33(38)26-18-24-9-10-25(36)30-28(24)32(33,14-16-35(26)15-12-22-6-4-3-5-7-22)31(40-30)29(21)34(2)27(37)11-8-23-13-17-39-20-23/h3-11,13,17,20-21,26,29,31,36,38H,12,14-16,18-19H2,1-2H3/b11-8+/t21-,26-,29+,31+,32+,33-/m1/s1. The Hall–Kier alpha value is -3.55. The minimum atomic E-state index is -1.04. The summed E-state index contributed by atoms with van der Waals surface area (Å²) in [6.45, 7) is 3.81. The molecule has 1 spiro atoms. The van der Waals surface area contributed by atoms with E-state index in [0.29, 0.717) is 25.0 Å². The highest BCUT2D eigenvalue weighted by atomic mass is 16.5. The van der Waals surface area contributed by atoms with Crippen molar-refractivity contribution in [1.82, 2.24) is 9.80 Å². The van der Waals surface area contributed by atoms with E-state index in [4.69, 9.17) is 9.15 Å². The van der Waals surface area contributed by atoms with Crippen LogP contribution in [-0.2, 0) is 23.1 Å². The number of hydrogen-bond acceptors (Lipinski definition) is 6. The third-order valence-corrected chi connectivity index (χ3v) is 10.2. The Morgan fingerprint density at radius 1 is 1.20 bits per heavy atom. The molecule has 1 aromatic heterocycles. The highest BCUT2D eigenvalue weighted by Crippen LogP contribution is 2.66. The first-order valence-corrected chi connectivity index (χ1v) is 14.3. The zero-order valence-electron chi connectivity index (χ0n) is 23.0. The van der Waals surface area contributed by atoms with Gasteiger partial charge in [-0.3, -0.25) is 9.69 Å². The van der Waals surface area contributed by atoms with Crippen molar-refractivity contribution in [3.8, 4) is 11.5 Å².